The summed E-state index contributed by atoms with van der Waals surface area (Å²) in [5.41, 5.74) is 0. The highest BCUT2D eigenvalue weighted by Crippen LogP contribution is 2.26. The zero-order chi connectivity index (χ0) is 12.8. The molecule has 3 nitrogen and oxygen atoms in total. The van der Waals surface area contributed by atoms with Gasteiger partial charge < -0.3 is 5.32 Å². The van der Waals surface area contributed by atoms with Crippen molar-refractivity contribution in [1.82, 2.24) is 9.97 Å². The van der Waals surface area contributed by atoms with Crippen LogP contribution < -0.4 is 5.32 Å². The first-order valence-corrected chi connectivity index (χ1v) is 6.60. The Morgan fingerprint density at radius 1 is 1.22 bits per heavy atom. The molecule has 0 aliphatic heterocycles. The quantitative estimate of drug-likeness (QED) is 0.837. The van der Waals surface area contributed by atoms with E-state index in [4.69, 9.17) is 0 Å². The summed E-state index contributed by atoms with van der Waals surface area (Å²) in [6, 6.07) is 8.20. The lowest BCUT2D eigenvalue weighted by atomic mass is 10.4. The van der Waals surface area contributed by atoms with E-state index < -0.39 is 0 Å². The fourth-order valence-electron chi connectivity index (χ4n) is 1.34. The highest BCUT2D eigenvalue weighted by molar-refractivity contribution is 7.99. The van der Waals surface area contributed by atoms with Gasteiger partial charge in [0.05, 0.1) is 0 Å². The Hall–Kier alpha value is -1.62. The molecule has 0 radical (unpaired) electrons. The number of aromatic nitrogens is 2. The van der Waals surface area contributed by atoms with Crippen LogP contribution in [0.4, 0.5) is 10.3 Å². The van der Waals surface area contributed by atoms with E-state index in [1.165, 1.54) is 23.9 Å². The van der Waals surface area contributed by atoms with E-state index in [9.17, 15) is 4.39 Å². The van der Waals surface area contributed by atoms with E-state index in [1.54, 1.807) is 18.3 Å². The summed E-state index contributed by atoms with van der Waals surface area (Å²) in [5.74, 6) is 0.399. The van der Waals surface area contributed by atoms with E-state index in [-0.39, 0.29) is 5.82 Å². The van der Waals surface area contributed by atoms with E-state index in [1.807, 2.05) is 6.07 Å². The summed E-state index contributed by atoms with van der Waals surface area (Å²) in [6.07, 6.45) is 2.75. The predicted molar refractivity (Wildman–Crippen MR) is 71.3 cm³/mol. The molecule has 0 aliphatic carbocycles. The highest BCUT2D eigenvalue weighted by atomic mass is 32.2. The summed E-state index contributed by atoms with van der Waals surface area (Å²) in [4.78, 5) is 9.47. The smallest absolute Gasteiger partial charge is 0.223 e. The molecule has 0 saturated carbocycles. The SMILES string of the molecule is CCCNc1nccc(Sc2ccc(F)cc2)n1. The standard InChI is InChI=1S/C13H14FN3S/c1-2-8-15-13-16-9-7-12(17-13)18-11-5-3-10(14)4-6-11/h3-7,9H,2,8H2,1H3,(H,15,16,17). The minimum atomic E-state index is -0.229. The first-order valence-electron chi connectivity index (χ1n) is 5.78. The Balaban J connectivity index is 2.06. The van der Waals surface area contributed by atoms with Crippen LogP contribution in [0, 0.1) is 5.82 Å². The average molecular weight is 263 g/mol. The van der Waals surface area contributed by atoms with Crippen LogP contribution in [-0.4, -0.2) is 16.5 Å². The molecule has 0 fully saturated rings. The van der Waals surface area contributed by atoms with Crippen molar-refractivity contribution in [2.45, 2.75) is 23.3 Å². The van der Waals surface area contributed by atoms with Crippen LogP contribution in [0.1, 0.15) is 13.3 Å². The fraction of sp³-hybridized carbons (Fsp3) is 0.231. The molecule has 0 unspecified atom stereocenters. The Morgan fingerprint density at radius 2 is 2.00 bits per heavy atom. The number of hydrogen-bond acceptors (Lipinski definition) is 4. The number of benzene rings is 1. The van der Waals surface area contributed by atoms with Crippen LogP contribution in [0.2, 0.25) is 0 Å². The summed E-state index contributed by atoms with van der Waals surface area (Å²) in [7, 11) is 0. The number of anilines is 1. The third kappa shape index (κ3) is 3.70. The second kappa shape index (κ2) is 6.35. The minimum Gasteiger partial charge on any atom is -0.354 e. The monoisotopic (exact) mass is 263 g/mol. The minimum absolute atomic E-state index is 0.229. The van der Waals surface area contributed by atoms with Gasteiger partial charge in [-0.05, 0) is 36.8 Å². The lowest BCUT2D eigenvalue weighted by Crippen LogP contribution is -2.04. The van der Waals surface area contributed by atoms with Crippen molar-refractivity contribution < 1.29 is 4.39 Å². The van der Waals surface area contributed by atoms with Gasteiger partial charge in [0.2, 0.25) is 5.95 Å². The summed E-state index contributed by atoms with van der Waals surface area (Å²) in [5, 5.41) is 3.98. The molecule has 94 valence electrons. The van der Waals surface area contributed by atoms with Crippen LogP contribution in [-0.2, 0) is 0 Å². The number of hydrogen-bond donors (Lipinski definition) is 1. The van der Waals surface area contributed by atoms with E-state index in [0.29, 0.717) is 5.95 Å². The maximum atomic E-state index is 12.8. The highest BCUT2D eigenvalue weighted by Gasteiger charge is 2.01. The predicted octanol–water partition coefficient (Wildman–Crippen LogP) is 3.59. The fourth-order valence-corrected chi connectivity index (χ4v) is 2.12. The molecule has 18 heavy (non-hydrogen) atoms. The van der Waals surface area contributed by atoms with Crippen LogP contribution in [0.25, 0.3) is 0 Å². The van der Waals surface area contributed by atoms with E-state index in [0.717, 1.165) is 22.9 Å². The molecule has 2 aromatic rings. The number of halogens is 1. The molecule has 0 bridgehead atoms. The van der Waals surface area contributed by atoms with Gasteiger partial charge in [0.15, 0.2) is 0 Å². The zero-order valence-corrected chi connectivity index (χ0v) is 10.9. The van der Waals surface area contributed by atoms with Gasteiger partial charge in [-0.1, -0.05) is 18.7 Å². The molecule has 1 aromatic carbocycles. The molecular weight excluding hydrogens is 249 g/mol. The van der Waals surface area contributed by atoms with Crippen molar-refractivity contribution in [3.63, 3.8) is 0 Å². The molecule has 5 heteroatoms. The lowest BCUT2D eigenvalue weighted by molar-refractivity contribution is 0.626. The summed E-state index contributed by atoms with van der Waals surface area (Å²) < 4.78 is 12.8. The molecular formula is C13H14FN3S. The molecule has 0 spiro atoms. The Bertz CT molecular complexity index is 502. The van der Waals surface area contributed by atoms with Gasteiger partial charge in [0, 0.05) is 17.6 Å². The largest absolute Gasteiger partial charge is 0.354 e. The van der Waals surface area contributed by atoms with Gasteiger partial charge in [-0.3, -0.25) is 0 Å². The molecule has 2 rings (SSSR count). The maximum Gasteiger partial charge on any atom is 0.223 e. The Kier molecular flexibility index (Phi) is 4.52. The van der Waals surface area contributed by atoms with Crippen molar-refractivity contribution >= 4 is 17.7 Å². The average Bonchev–Trinajstić information content (AvgIpc) is 2.40. The second-order valence-corrected chi connectivity index (χ2v) is 4.80. The molecule has 0 atom stereocenters. The van der Waals surface area contributed by atoms with Crippen molar-refractivity contribution in [2.75, 3.05) is 11.9 Å². The molecule has 1 heterocycles. The second-order valence-electron chi connectivity index (χ2n) is 3.70. The van der Waals surface area contributed by atoms with Gasteiger partial charge in [-0.25, -0.2) is 14.4 Å². The van der Waals surface area contributed by atoms with Crippen LogP contribution >= 0.6 is 11.8 Å². The van der Waals surface area contributed by atoms with E-state index >= 15 is 0 Å². The molecule has 0 saturated heterocycles. The zero-order valence-electron chi connectivity index (χ0n) is 10.1. The first kappa shape index (κ1) is 12.8. The van der Waals surface area contributed by atoms with Crippen LogP contribution in [0.3, 0.4) is 0 Å². The lowest BCUT2D eigenvalue weighted by Gasteiger charge is -2.05. The summed E-state index contributed by atoms with van der Waals surface area (Å²) in [6.45, 7) is 2.94. The van der Waals surface area contributed by atoms with Crippen molar-refractivity contribution in [3.8, 4) is 0 Å². The number of nitrogens with one attached hydrogen (secondary N) is 1. The van der Waals surface area contributed by atoms with E-state index in [2.05, 4.69) is 22.2 Å². The third-order valence-electron chi connectivity index (χ3n) is 2.20. The van der Waals surface area contributed by atoms with Gasteiger partial charge >= 0.3 is 0 Å². The van der Waals surface area contributed by atoms with Gasteiger partial charge in [-0.15, -0.1) is 0 Å². The van der Waals surface area contributed by atoms with Crippen LogP contribution in [0.15, 0.2) is 46.5 Å². The van der Waals surface area contributed by atoms with Crippen LogP contribution in [0.5, 0.6) is 0 Å². The van der Waals surface area contributed by atoms with Crippen molar-refractivity contribution in [3.05, 3.63) is 42.3 Å². The molecule has 0 amide bonds. The first-order chi connectivity index (χ1) is 8.78. The molecule has 1 aromatic heterocycles. The van der Waals surface area contributed by atoms with Gasteiger partial charge in [0.1, 0.15) is 10.8 Å². The Morgan fingerprint density at radius 3 is 2.72 bits per heavy atom. The molecule has 0 aliphatic rings. The van der Waals surface area contributed by atoms with Crippen molar-refractivity contribution in [2.24, 2.45) is 0 Å². The number of nitrogens with zero attached hydrogens (tertiary/aromatic N) is 2. The number of rotatable bonds is 5. The Labute approximate surface area is 110 Å². The molecule has 1 N–H and O–H groups in total. The topological polar surface area (TPSA) is 37.8 Å². The summed E-state index contributed by atoms with van der Waals surface area (Å²) >= 11 is 1.49. The third-order valence-corrected chi connectivity index (χ3v) is 3.14. The maximum absolute atomic E-state index is 12.8. The van der Waals surface area contributed by atoms with Crippen molar-refractivity contribution in [1.29, 1.82) is 0 Å². The van der Waals surface area contributed by atoms with Gasteiger partial charge in [0.25, 0.3) is 0 Å². The normalized spacial score (nSPS) is 10.3. The van der Waals surface area contributed by atoms with Gasteiger partial charge in [-0.2, -0.15) is 0 Å².